The van der Waals surface area contributed by atoms with E-state index in [1.54, 1.807) is 0 Å². The molecule has 0 spiro atoms. The first-order valence-corrected chi connectivity index (χ1v) is 8.18. The van der Waals surface area contributed by atoms with Crippen LogP contribution in [0.1, 0.15) is 23.1 Å². The maximum absolute atomic E-state index is 12.1. The maximum Gasteiger partial charge on any atom is 0.0488 e. The summed E-state index contributed by atoms with van der Waals surface area (Å²) in [5, 5.41) is 0. The van der Waals surface area contributed by atoms with Crippen molar-refractivity contribution in [1.29, 1.82) is 0 Å². The first kappa shape index (κ1) is 14.0. The van der Waals surface area contributed by atoms with Gasteiger partial charge in [-0.1, -0.05) is 54.6 Å². The highest BCUT2D eigenvalue weighted by molar-refractivity contribution is 7.84. The fraction of sp³-hybridized carbons (Fsp3) is 0.294. The van der Waals surface area contributed by atoms with Gasteiger partial charge in [-0.15, -0.1) is 0 Å². The molecule has 19 heavy (non-hydrogen) atoms. The largest absolute Gasteiger partial charge is 0.259 e. The topological polar surface area (TPSA) is 17.1 Å². The lowest BCUT2D eigenvalue weighted by molar-refractivity contribution is 0.679. The minimum Gasteiger partial charge on any atom is -0.259 e. The van der Waals surface area contributed by atoms with Gasteiger partial charge in [-0.05, 0) is 36.5 Å². The van der Waals surface area contributed by atoms with Crippen molar-refractivity contribution >= 4 is 10.8 Å². The van der Waals surface area contributed by atoms with Gasteiger partial charge in [0.1, 0.15) is 0 Å². The summed E-state index contributed by atoms with van der Waals surface area (Å²) in [7, 11) is -0.755. The van der Waals surface area contributed by atoms with Crippen molar-refractivity contribution in [2.24, 2.45) is 0 Å². The Balaban J connectivity index is 1.78. The van der Waals surface area contributed by atoms with Gasteiger partial charge in [-0.3, -0.25) is 4.21 Å². The lowest BCUT2D eigenvalue weighted by Crippen LogP contribution is -2.03. The number of hydrogen-bond donors (Lipinski definition) is 0. The molecule has 1 atom stereocenters. The molecule has 0 bridgehead atoms. The van der Waals surface area contributed by atoms with Gasteiger partial charge >= 0.3 is 0 Å². The number of benzene rings is 2. The molecule has 0 saturated heterocycles. The normalized spacial score (nSPS) is 12.3. The highest BCUT2D eigenvalue weighted by Crippen LogP contribution is 2.11. The van der Waals surface area contributed by atoms with E-state index in [9.17, 15) is 4.21 Å². The van der Waals surface area contributed by atoms with Crippen LogP contribution in [0.5, 0.6) is 0 Å². The van der Waals surface area contributed by atoms with Crippen LogP contribution in [0.4, 0.5) is 0 Å². The molecule has 0 aromatic heterocycles. The summed E-state index contributed by atoms with van der Waals surface area (Å²) >= 11 is 0. The van der Waals surface area contributed by atoms with Crippen LogP contribution in [-0.4, -0.2) is 9.96 Å². The average Bonchev–Trinajstić information content (AvgIpc) is 2.43. The van der Waals surface area contributed by atoms with Crippen molar-refractivity contribution < 1.29 is 4.21 Å². The Morgan fingerprint density at radius 3 is 2.37 bits per heavy atom. The summed E-state index contributed by atoms with van der Waals surface area (Å²) in [5.74, 6) is 1.46. The summed E-state index contributed by atoms with van der Waals surface area (Å²) in [6.45, 7) is 2.08. The molecule has 0 aliphatic rings. The second-order valence-electron chi connectivity index (χ2n) is 4.80. The first-order valence-electron chi connectivity index (χ1n) is 6.69. The molecule has 2 aromatic carbocycles. The predicted octanol–water partition coefficient (Wildman–Crippen LogP) is 3.88. The van der Waals surface area contributed by atoms with Gasteiger partial charge in [-0.25, -0.2) is 0 Å². The van der Waals surface area contributed by atoms with Crippen LogP contribution in [0, 0.1) is 6.92 Å². The van der Waals surface area contributed by atoms with Gasteiger partial charge in [0.25, 0.3) is 0 Å². The molecule has 2 heteroatoms. The molecule has 0 aliphatic heterocycles. The quantitative estimate of drug-likeness (QED) is 0.780. The van der Waals surface area contributed by atoms with Crippen molar-refractivity contribution in [1.82, 2.24) is 0 Å². The van der Waals surface area contributed by atoms with E-state index in [1.165, 1.54) is 16.7 Å². The molecule has 100 valence electrons. The SMILES string of the molecule is Cc1ccccc1CS(=O)CCCc1ccccc1. The Morgan fingerprint density at radius 1 is 0.947 bits per heavy atom. The van der Waals surface area contributed by atoms with Crippen molar-refractivity contribution in [3.05, 3.63) is 71.3 Å². The number of aryl methyl sites for hydroxylation is 2. The molecule has 1 nitrogen and oxygen atoms in total. The van der Waals surface area contributed by atoms with Crippen LogP contribution in [0.15, 0.2) is 54.6 Å². The van der Waals surface area contributed by atoms with Gasteiger partial charge < -0.3 is 0 Å². The monoisotopic (exact) mass is 272 g/mol. The molecule has 0 N–H and O–H groups in total. The smallest absolute Gasteiger partial charge is 0.0488 e. The third-order valence-electron chi connectivity index (χ3n) is 3.26. The standard InChI is InChI=1S/C17H20OS/c1-15-8-5-6-12-17(15)14-19(18)13-7-11-16-9-3-2-4-10-16/h2-6,8-10,12H,7,11,13-14H2,1H3. The molecule has 0 saturated carbocycles. The Kier molecular flexibility index (Phi) is 5.34. The lowest BCUT2D eigenvalue weighted by atomic mass is 10.1. The van der Waals surface area contributed by atoms with E-state index in [0.29, 0.717) is 5.75 Å². The molecule has 2 rings (SSSR count). The molecule has 0 fully saturated rings. The summed E-state index contributed by atoms with van der Waals surface area (Å²) in [6.07, 6.45) is 2.00. The lowest BCUT2D eigenvalue weighted by Gasteiger charge is -2.06. The Morgan fingerprint density at radius 2 is 1.63 bits per heavy atom. The molecule has 0 aliphatic carbocycles. The Hall–Kier alpha value is -1.41. The van der Waals surface area contributed by atoms with E-state index in [1.807, 2.05) is 18.2 Å². The summed E-state index contributed by atoms with van der Waals surface area (Å²) in [6, 6.07) is 18.6. The van der Waals surface area contributed by atoms with Crippen LogP contribution in [0.3, 0.4) is 0 Å². The zero-order chi connectivity index (χ0) is 13.5. The highest BCUT2D eigenvalue weighted by atomic mass is 32.2. The third-order valence-corrected chi connectivity index (χ3v) is 4.64. The number of hydrogen-bond acceptors (Lipinski definition) is 1. The molecule has 0 radical (unpaired) electrons. The fourth-order valence-electron chi connectivity index (χ4n) is 2.10. The van der Waals surface area contributed by atoms with Gasteiger partial charge in [0.15, 0.2) is 0 Å². The molecule has 0 heterocycles. The van der Waals surface area contributed by atoms with E-state index < -0.39 is 10.8 Å². The van der Waals surface area contributed by atoms with E-state index in [4.69, 9.17) is 0 Å². The predicted molar refractivity (Wildman–Crippen MR) is 82.7 cm³/mol. The van der Waals surface area contributed by atoms with E-state index >= 15 is 0 Å². The number of rotatable bonds is 6. The fourth-order valence-corrected chi connectivity index (χ4v) is 3.38. The molecule has 1 unspecified atom stereocenters. The summed E-state index contributed by atoms with van der Waals surface area (Å²) in [5.41, 5.74) is 3.77. The van der Waals surface area contributed by atoms with Crippen LogP contribution >= 0.6 is 0 Å². The van der Waals surface area contributed by atoms with Crippen molar-refractivity contribution in [3.63, 3.8) is 0 Å². The van der Waals surface area contributed by atoms with Crippen LogP contribution in [0.25, 0.3) is 0 Å². The minimum absolute atomic E-state index is 0.682. The zero-order valence-corrected chi connectivity index (χ0v) is 12.2. The summed E-state index contributed by atoms with van der Waals surface area (Å²) in [4.78, 5) is 0. The summed E-state index contributed by atoms with van der Waals surface area (Å²) < 4.78 is 12.1. The van der Waals surface area contributed by atoms with Gasteiger partial charge in [0.05, 0.1) is 0 Å². The van der Waals surface area contributed by atoms with Gasteiger partial charge in [-0.2, -0.15) is 0 Å². The highest BCUT2D eigenvalue weighted by Gasteiger charge is 2.04. The minimum atomic E-state index is -0.755. The molecular formula is C17H20OS. The van der Waals surface area contributed by atoms with Crippen molar-refractivity contribution in [3.8, 4) is 0 Å². The van der Waals surface area contributed by atoms with E-state index in [2.05, 4.69) is 43.3 Å². The average molecular weight is 272 g/mol. The molecular weight excluding hydrogens is 252 g/mol. The van der Waals surface area contributed by atoms with E-state index in [0.717, 1.165) is 18.6 Å². The van der Waals surface area contributed by atoms with Gasteiger partial charge in [0, 0.05) is 22.3 Å². The Bertz CT molecular complexity index is 534. The van der Waals surface area contributed by atoms with Crippen molar-refractivity contribution in [2.75, 3.05) is 5.75 Å². The van der Waals surface area contributed by atoms with Crippen LogP contribution in [0.2, 0.25) is 0 Å². The van der Waals surface area contributed by atoms with Crippen LogP contribution < -0.4 is 0 Å². The second-order valence-corrected chi connectivity index (χ2v) is 6.38. The van der Waals surface area contributed by atoms with E-state index in [-0.39, 0.29) is 0 Å². The third kappa shape index (κ3) is 4.64. The van der Waals surface area contributed by atoms with Crippen LogP contribution in [-0.2, 0) is 23.0 Å². The van der Waals surface area contributed by atoms with Crippen molar-refractivity contribution in [2.45, 2.75) is 25.5 Å². The first-order chi connectivity index (χ1) is 9.25. The molecule has 0 amide bonds. The Labute approximate surface area is 118 Å². The second kappa shape index (κ2) is 7.25. The maximum atomic E-state index is 12.1. The molecule has 2 aromatic rings. The zero-order valence-electron chi connectivity index (χ0n) is 11.3. The van der Waals surface area contributed by atoms with Gasteiger partial charge in [0.2, 0.25) is 0 Å².